The molecule has 5 nitrogen and oxygen atoms in total. The van der Waals surface area contributed by atoms with Gasteiger partial charge in [0.2, 0.25) is 0 Å². The minimum atomic E-state index is -0.350. The molecule has 1 aliphatic rings. The Labute approximate surface area is 89.0 Å². The average Bonchev–Trinajstić information content (AvgIpc) is 2.65. The highest BCUT2D eigenvalue weighted by Gasteiger charge is 2.35. The average molecular weight is 208 g/mol. The van der Waals surface area contributed by atoms with Crippen molar-refractivity contribution in [1.82, 2.24) is 9.97 Å². The van der Waals surface area contributed by atoms with Crippen molar-refractivity contribution in [2.24, 2.45) is 5.84 Å². The van der Waals surface area contributed by atoms with Gasteiger partial charge >= 0.3 is 0 Å². The number of rotatable bonds is 2. The van der Waals surface area contributed by atoms with Gasteiger partial charge in [0.1, 0.15) is 11.4 Å². The van der Waals surface area contributed by atoms with E-state index in [-0.39, 0.29) is 5.60 Å². The molecule has 0 aliphatic carbocycles. The zero-order valence-electron chi connectivity index (χ0n) is 9.08. The smallest absolute Gasteiger partial charge is 0.162 e. The van der Waals surface area contributed by atoms with Gasteiger partial charge in [-0.05, 0) is 26.7 Å². The first-order valence-corrected chi connectivity index (χ1v) is 5.11. The van der Waals surface area contributed by atoms with Crippen LogP contribution in [0.25, 0.3) is 0 Å². The van der Waals surface area contributed by atoms with E-state index in [9.17, 15) is 0 Å². The Balaban J connectivity index is 2.38. The molecule has 5 heteroatoms. The highest BCUT2D eigenvalue weighted by atomic mass is 16.5. The normalized spacial score (nSPS) is 25.5. The third-order valence-corrected chi connectivity index (χ3v) is 2.69. The van der Waals surface area contributed by atoms with E-state index in [1.165, 1.54) is 0 Å². The lowest BCUT2D eigenvalue weighted by molar-refractivity contribution is 0.00931. The van der Waals surface area contributed by atoms with E-state index in [2.05, 4.69) is 15.4 Å². The zero-order chi connectivity index (χ0) is 10.9. The molecule has 0 saturated carbocycles. The second-order valence-corrected chi connectivity index (χ2v) is 4.05. The van der Waals surface area contributed by atoms with Gasteiger partial charge in [-0.1, -0.05) is 0 Å². The molecule has 82 valence electrons. The van der Waals surface area contributed by atoms with Crippen LogP contribution in [-0.4, -0.2) is 16.6 Å². The summed E-state index contributed by atoms with van der Waals surface area (Å²) in [6.45, 7) is 4.72. The van der Waals surface area contributed by atoms with E-state index >= 15 is 0 Å². The summed E-state index contributed by atoms with van der Waals surface area (Å²) in [5.74, 6) is 6.70. The summed E-state index contributed by atoms with van der Waals surface area (Å²) in [7, 11) is 0. The van der Waals surface area contributed by atoms with Crippen molar-refractivity contribution in [3.05, 3.63) is 17.6 Å². The predicted molar refractivity (Wildman–Crippen MR) is 57.1 cm³/mol. The summed E-state index contributed by atoms with van der Waals surface area (Å²) in [5, 5.41) is 0. The molecule has 3 N–H and O–H groups in total. The molecule has 1 aromatic heterocycles. The van der Waals surface area contributed by atoms with Crippen LogP contribution in [0, 0.1) is 6.92 Å². The van der Waals surface area contributed by atoms with Crippen molar-refractivity contribution in [2.75, 3.05) is 12.0 Å². The van der Waals surface area contributed by atoms with E-state index in [0.717, 1.165) is 25.1 Å². The standard InChI is InChI=1S/C10H16N4O/c1-7-6-8(14-11)13-9(12-7)10(2)4-3-5-15-10/h6H,3-5,11H2,1-2H3,(H,12,13,14). The van der Waals surface area contributed by atoms with Crippen LogP contribution in [0.5, 0.6) is 0 Å². The van der Waals surface area contributed by atoms with Gasteiger partial charge in [0.15, 0.2) is 5.82 Å². The van der Waals surface area contributed by atoms with Crippen molar-refractivity contribution < 1.29 is 4.74 Å². The molecule has 0 spiro atoms. The van der Waals surface area contributed by atoms with Crippen LogP contribution >= 0.6 is 0 Å². The molecule has 1 saturated heterocycles. The molecule has 0 bridgehead atoms. The summed E-state index contributed by atoms with van der Waals surface area (Å²) in [6, 6.07) is 1.81. The molecule has 1 aromatic rings. The van der Waals surface area contributed by atoms with Crippen LogP contribution in [0.15, 0.2) is 6.07 Å². The molecule has 2 heterocycles. The number of aromatic nitrogens is 2. The number of nitrogens with two attached hydrogens (primary N) is 1. The minimum absolute atomic E-state index is 0.350. The number of ether oxygens (including phenoxy) is 1. The third kappa shape index (κ3) is 1.93. The fourth-order valence-corrected chi connectivity index (χ4v) is 1.83. The maximum Gasteiger partial charge on any atom is 0.162 e. The monoisotopic (exact) mass is 208 g/mol. The Morgan fingerprint density at radius 3 is 2.93 bits per heavy atom. The first kappa shape index (κ1) is 10.3. The first-order chi connectivity index (χ1) is 7.14. The van der Waals surface area contributed by atoms with Crippen molar-refractivity contribution in [2.45, 2.75) is 32.3 Å². The lowest BCUT2D eigenvalue weighted by Crippen LogP contribution is -2.25. The van der Waals surface area contributed by atoms with E-state index in [1.807, 2.05) is 19.9 Å². The van der Waals surface area contributed by atoms with Crippen molar-refractivity contribution in [3.8, 4) is 0 Å². The highest BCUT2D eigenvalue weighted by Crippen LogP contribution is 2.33. The molecule has 1 atom stereocenters. The Bertz CT molecular complexity index is 360. The summed E-state index contributed by atoms with van der Waals surface area (Å²) in [6.07, 6.45) is 2.01. The Morgan fingerprint density at radius 1 is 1.53 bits per heavy atom. The lowest BCUT2D eigenvalue weighted by Gasteiger charge is -2.21. The van der Waals surface area contributed by atoms with E-state index in [4.69, 9.17) is 10.6 Å². The van der Waals surface area contributed by atoms with E-state index in [1.54, 1.807) is 0 Å². The largest absolute Gasteiger partial charge is 0.367 e. The van der Waals surface area contributed by atoms with Gasteiger partial charge in [-0.2, -0.15) is 0 Å². The Morgan fingerprint density at radius 2 is 2.33 bits per heavy atom. The summed E-state index contributed by atoms with van der Waals surface area (Å²) in [4.78, 5) is 8.74. The van der Waals surface area contributed by atoms with Gasteiger partial charge in [-0.15, -0.1) is 0 Å². The molecule has 1 fully saturated rings. The summed E-state index contributed by atoms with van der Waals surface area (Å²) >= 11 is 0. The van der Waals surface area contributed by atoms with E-state index in [0.29, 0.717) is 11.6 Å². The van der Waals surface area contributed by atoms with Gasteiger partial charge in [-0.25, -0.2) is 15.8 Å². The second-order valence-electron chi connectivity index (χ2n) is 4.05. The molecule has 15 heavy (non-hydrogen) atoms. The lowest BCUT2D eigenvalue weighted by atomic mass is 10.0. The van der Waals surface area contributed by atoms with Gasteiger partial charge in [0, 0.05) is 18.4 Å². The van der Waals surface area contributed by atoms with E-state index < -0.39 is 0 Å². The third-order valence-electron chi connectivity index (χ3n) is 2.69. The maximum atomic E-state index is 5.69. The summed E-state index contributed by atoms with van der Waals surface area (Å²) in [5.41, 5.74) is 3.09. The molecule has 1 unspecified atom stereocenters. The predicted octanol–water partition coefficient (Wildman–Crippen LogP) is 1.10. The van der Waals surface area contributed by atoms with Gasteiger partial charge in [0.05, 0.1) is 0 Å². The van der Waals surface area contributed by atoms with Crippen LogP contribution in [-0.2, 0) is 10.3 Å². The van der Waals surface area contributed by atoms with Crippen molar-refractivity contribution in [1.29, 1.82) is 0 Å². The topological polar surface area (TPSA) is 73.1 Å². The molecule has 0 radical (unpaired) electrons. The maximum absolute atomic E-state index is 5.69. The van der Waals surface area contributed by atoms with Gasteiger partial charge < -0.3 is 10.2 Å². The first-order valence-electron chi connectivity index (χ1n) is 5.11. The van der Waals surface area contributed by atoms with Crippen LogP contribution in [0.3, 0.4) is 0 Å². The van der Waals surface area contributed by atoms with Crippen LogP contribution < -0.4 is 11.3 Å². The van der Waals surface area contributed by atoms with Gasteiger partial charge in [-0.3, -0.25) is 0 Å². The SMILES string of the molecule is Cc1cc(NN)nc(C2(C)CCCO2)n1. The van der Waals surface area contributed by atoms with Gasteiger partial charge in [0.25, 0.3) is 0 Å². The van der Waals surface area contributed by atoms with Crippen LogP contribution in [0.2, 0.25) is 0 Å². The zero-order valence-corrected chi connectivity index (χ0v) is 9.08. The number of hydrogen-bond acceptors (Lipinski definition) is 5. The number of anilines is 1. The molecule has 1 aliphatic heterocycles. The number of hydrogen-bond donors (Lipinski definition) is 2. The van der Waals surface area contributed by atoms with Crippen LogP contribution in [0.4, 0.5) is 5.82 Å². The number of hydrazine groups is 1. The minimum Gasteiger partial charge on any atom is -0.367 e. The fourth-order valence-electron chi connectivity index (χ4n) is 1.83. The van der Waals surface area contributed by atoms with Crippen molar-refractivity contribution in [3.63, 3.8) is 0 Å². The number of nitrogens with zero attached hydrogens (tertiary/aromatic N) is 2. The van der Waals surface area contributed by atoms with Crippen molar-refractivity contribution >= 4 is 5.82 Å². The Hall–Kier alpha value is -1.20. The molecule has 2 rings (SSSR count). The molecule has 0 aromatic carbocycles. The molecular formula is C10H16N4O. The Kier molecular flexibility index (Phi) is 2.58. The fraction of sp³-hybridized carbons (Fsp3) is 0.600. The number of aryl methyl sites for hydroxylation is 1. The highest BCUT2D eigenvalue weighted by molar-refractivity contribution is 5.34. The second kappa shape index (κ2) is 3.75. The number of nitrogens with one attached hydrogen (secondary N) is 1. The van der Waals surface area contributed by atoms with Crippen LogP contribution in [0.1, 0.15) is 31.3 Å². The summed E-state index contributed by atoms with van der Waals surface area (Å²) < 4.78 is 5.69. The molecule has 0 amide bonds. The quantitative estimate of drug-likeness (QED) is 0.562. The molecular weight excluding hydrogens is 192 g/mol. The number of nitrogen functional groups attached to an aromatic ring is 1.